The Hall–Kier alpha value is -1.61. The summed E-state index contributed by atoms with van der Waals surface area (Å²) in [6.45, 7) is 9.29. The van der Waals surface area contributed by atoms with Crippen molar-refractivity contribution in [2.75, 3.05) is 6.54 Å². The summed E-state index contributed by atoms with van der Waals surface area (Å²) in [5, 5.41) is 4.72. The van der Waals surface area contributed by atoms with Gasteiger partial charge in [-0.2, -0.15) is 5.10 Å². The Morgan fingerprint density at radius 3 is 2.53 bits per heavy atom. The molecule has 0 saturated heterocycles. The van der Waals surface area contributed by atoms with Crippen LogP contribution in [0.15, 0.2) is 24.3 Å². The second kappa shape index (κ2) is 5.57. The van der Waals surface area contributed by atoms with Gasteiger partial charge < -0.3 is 5.73 Å². The zero-order chi connectivity index (χ0) is 14.0. The van der Waals surface area contributed by atoms with E-state index in [0.29, 0.717) is 12.5 Å². The fraction of sp³-hybridized carbons (Fsp3) is 0.438. The number of nitrogens with two attached hydrogens (primary N) is 1. The van der Waals surface area contributed by atoms with Crippen LogP contribution in [0.25, 0.3) is 5.69 Å². The maximum Gasteiger partial charge on any atom is 0.0678 e. The molecule has 0 radical (unpaired) electrons. The zero-order valence-electron chi connectivity index (χ0n) is 12.3. The fourth-order valence-electron chi connectivity index (χ4n) is 2.36. The summed E-state index contributed by atoms with van der Waals surface area (Å²) in [6, 6.07) is 8.66. The van der Waals surface area contributed by atoms with E-state index in [2.05, 4.69) is 56.6 Å². The molecule has 102 valence electrons. The summed E-state index contributed by atoms with van der Waals surface area (Å²) in [6.07, 6.45) is 0.831. The van der Waals surface area contributed by atoms with E-state index in [0.717, 1.165) is 17.8 Å². The van der Waals surface area contributed by atoms with Crippen LogP contribution in [0.4, 0.5) is 0 Å². The van der Waals surface area contributed by atoms with Gasteiger partial charge in [0.1, 0.15) is 0 Å². The largest absolute Gasteiger partial charge is 0.330 e. The Labute approximate surface area is 115 Å². The molecule has 2 N–H and O–H groups in total. The molecule has 1 aromatic heterocycles. The Morgan fingerprint density at radius 1 is 1.21 bits per heavy atom. The van der Waals surface area contributed by atoms with Crippen LogP contribution in [0.5, 0.6) is 0 Å². The molecule has 0 bridgehead atoms. The summed E-state index contributed by atoms with van der Waals surface area (Å²) >= 11 is 0. The van der Waals surface area contributed by atoms with E-state index in [4.69, 9.17) is 10.8 Å². The van der Waals surface area contributed by atoms with Gasteiger partial charge in [-0.25, -0.2) is 4.68 Å². The van der Waals surface area contributed by atoms with Gasteiger partial charge in [0.25, 0.3) is 0 Å². The maximum absolute atomic E-state index is 5.64. The summed E-state index contributed by atoms with van der Waals surface area (Å²) in [5.74, 6) is 0.444. The molecule has 0 unspecified atom stereocenters. The predicted octanol–water partition coefficient (Wildman–Crippen LogP) is 3.11. The average Bonchev–Trinajstić information content (AvgIpc) is 2.73. The van der Waals surface area contributed by atoms with Crippen molar-refractivity contribution in [2.24, 2.45) is 5.73 Å². The van der Waals surface area contributed by atoms with Crippen LogP contribution in [-0.4, -0.2) is 16.3 Å². The number of aromatic nitrogens is 2. The Bertz CT molecular complexity index is 567. The Balaban J connectivity index is 2.53. The molecule has 3 nitrogen and oxygen atoms in total. The molecule has 19 heavy (non-hydrogen) atoms. The second-order valence-electron chi connectivity index (χ2n) is 5.46. The van der Waals surface area contributed by atoms with Gasteiger partial charge in [0.2, 0.25) is 0 Å². The van der Waals surface area contributed by atoms with Gasteiger partial charge in [-0.15, -0.1) is 0 Å². The Morgan fingerprint density at radius 2 is 1.95 bits per heavy atom. The van der Waals surface area contributed by atoms with Crippen LogP contribution in [-0.2, 0) is 6.42 Å². The first-order chi connectivity index (χ1) is 9.02. The third-order valence-electron chi connectivity index (χ3n) is 3.36. The van der Waals surface area contributed by atoms with Gasteiger partial charge in [0.15, 0.2) is 0 Å². The van der Waals surface area contributed by atoms with Crippen molar-refractivity contribution >= 4 is 0 Å². The average molecular weight is 257 g/mol. The summed E-state index contributed by atoms with van der Waals surface area (Å²) in [7, 11) is 0. The van der Waals surface area contributed by atoms with E-state index in [1.807, 2.05) is 0 Å². The lowest BCUT2D eigenvalue weighted by atomic mass is 10.1. The lowest BCUT2D eigenvalue weighted by molar-refractivity contribution is 0.723. The molecule has 0 aliphatic rings. The molecule has 2 rings (SSSR count). The summed E-state index contributed by atoms with van der Waals surface area (Å²) < 4.78 is 2.07. The molecule has 1 heterocycles. The van der Waals surface area contributed by atoms with Crippen LogP contribution in [0.1, 0.15) is 42.3 Å². The smallest absolute Gasteiger partial charge is 0.0678 e. The van der Waals surface area contributed by atoms with Crippen molar-refractivity contribution in [3.8, 4) is 5.69 Å². The van der Waals surface area contributed by atoms with E-state index in [9.17, 15) is 0 Å². The van der Waals surface area contributed by atoms with Gasteiger partial charge in [0.05, 0.1) is 11.4 Å². The molecule has 0 atom stereocenters. The molecule has 3 heteroatoms. The first-order valence-electron chi connectivity index (χ1n) is 6.89. The highest BCUT2D eigenvalue weighted by molar-refractivity contribution is 5.43. The topological polar surface area (TPSA) is 43.8 Å². The van der Waals surface area contributed by atoms with Gasteiger partial charge in [-0.05, 0) is 44.0 Å². The van der Waals surface area contributed by atoms with E-state index in [1.54, 1.807) is 0 Å². The summed E-state index contributed by atoms with van der Waals surface area (Å²) in [5.41, 5.74) is 11.7. The summed E-state index contributed by atoms with van der Waals surface area (Å²) in [4.78, 5) is 0. The number of rotatable bonds is 4. The van der Waals surface area contributed by atoms with E-state index >= 15 is 0 Å². The van der Waals surface area contributed by atoms with Crippen LogP contribution in [0.3, 0.4) is 0 Å². The SMILES string of the molecule is Cc1ccc(-n2nc(CCN)cc2C(C)C)c(C)c1. The standard InChI is InChI=1S/C16H23N3/c1-11(2)16-10-14(7-8-17)18-19(16)15-6-5-12(3)9-13(15)4/h5-6,9-11H,7-8,17H2,1-4H3. The third kappa shape index (κ3) is 2.87. The number of hydrogen-bond acceptors (Lipinski definition) is 2. The second-order valence-corrected chi connectivity index (χ2v) is 5.46. The molecule has 0 amide bonds. The van der Waals surface area contributed by atoms with Crippen LogP contribution in [0.2, 0.25) is 0 Å². The third-order valence-corrected chi connectivity index (χ3v) is 3.36. The highest BCUT2D eigenvalue weighted by atomic mass is 15.3. The van der Waals surface area contributed by atoms with E-state index < -0.39 is 0 Å². The minimum atomic E-state index is 0.444. The fourth-order valence-corrected chi connectivity index (χ4v) is 2.36. The molecule has 1 aromatic carbocycles. The first-order valence-corrected chi connectivity index (χ1v) is 6.89. The molecule has 0 aliphatic carbocycles. The normalized spacial score (nSPS) is 11.3. The molecule has 2 aromatic rings. The van der Waals surface area contributed by atoms with Crippen molar-refractivity contribution in [1.82, 2.24) is 9.78 Å². The van der Waals surface area contributed by atoms with Gasteiger partial charge >= 0.3 is 0 Å². The molecular weight excluding hydrogens is 234 g/mol. The Kier molecular flexibility index (Phi) is 4.05. The van der Waals surface area contributed by atoms with E-state index in [1.165, 1.54) is 16.8 Å². The van der Waals surface area contributed by atoms with Crippen molar-refractivity contribution in [3.05, 3.63) is 46.8 Å². The lowest BCUT2D eigenvalue weighted by Gasteiger charge is -2.12. The van der Waals surface area contributed by atoms with Crippen molar-refractivity contribution < 1.29 is 0 Å². The number of aryl methyl sites for hydroxylation is 2. The number of hydrogen-bond donors (Lipinski definition) is 1. The number of benzene rings is 1. The minimum absolute atomic E-state index is 0.444. The lowest BCUT2D eigenvalue weighted by Crippen LogP contribution is -2.07. The quantitative estimate of drug-likeness (QED) is 0.914. The van der Waals surface area contributed by atoms with Crippen LogP contribution >= 0.6 is 0 Å². The van der Waals surface area contributed by atoms with Crippen molar-refractivity contribution in [2.45, 2.75) is 40.0 Å². The van der Waals surface area contributed by atoms with Crippen LogP contribution in [0, 0.1) is 13.8 Å². The zero-order valence-corrected chi connectivity index (χ0v) is 12.3. The van der Waals surface area contributed by atoms with Gasteiger partial charge in [0, 0.05) is 12.1 Å². The van der Waals surface area contributed by atoms with Crippen LogP contribution < -0.4 is 5.73 Å². The molecule has 0 spiro atoms. The number of nitrogens with zero attached hydrogens (tertiary/aromatic N) is 2. The van der Waals surface area contributed by atoms with Gasteiger partial charge in [-0.3, -0.25) is 0 Å². The minimum Gasteiger partial charge on any atom is -0.330 e. The molecule has 0 aliphatic heterocycles. The van der Waals surface area contributed by atoms with Crippen molar-refractivity contribution in [1.29, 1.82) is 0 Å². The first kappa shape index (κ1) is 13.8. The molecular formula is C16H23N3. The van der Waals surface area contributed by atoms with Gasteiger partial charge in [-0.1, -0.05) is 31.5 Å². The molecule has 0 fully saturated rings. The highest BCUT2D eigenvalue weighted by Gasteiger charge is 2.13. The maximum atomic E-state index is 5.64. The highest BCUT2D eigenvalue weighted by Crippen LogP contribution is 2.23. The predicted molar refractivity (Wildman–Crippen MR) is 79.9 cm³/mol. The molecule has 0 saturated carbocycles. The van der Waals surface area contributed by atoms with E-state index in [-0.39, 0.29) is 0 Å². The monoisotopic (exact) mass is 257 g/mol. The van der Waals surface area contributed by atoms with Crippen molar-refractivity contribution in [3.63, 3.8) is 0 Å².